The third kappa shape index (κ3) is 5.56. The quantitative estimate of drug-likeness (QED) is 0.598. The second-order valence-corrected chi connectivity index (χ2v) is 5.76. The van der Waals surface area contributed by atoms with E-state index < -0.39 is 5.97 Å². The third-order valence-electron chi connectivity index (χ3n) is 3.36. The minimum atomic E-state index is -0.419. The monoisotopic (exact) mass is 372 g/mol. The number of hydrogen-bond acceptors (Lipinski definition) is 5. The zero-order valence-electron chi connectivity index (χ0n) is 14.6. The number of thiocarbonyl (C=S) groups is 1. The summed E-state index contributed by atoms with van der Waals surface area (Å²) in [6, 6.07) is 13.4. The van der Waals surface area contributed by atoms with Crippen LogP contribution in [-0.2, 0) is 4.74 Å². The van der Waals surface area contributed by atoms with Crippen molar-refractivity contribution in [2.45, 2.75) is 13.3 Å². The molecule has 2 N–H and O–H groups in total. The Morgan fingerprint density at radius 2 is 1.81 bits per heavy atom. The van der Waals surface area contributed by atoms with E-state index in [-0.39, 0.29) is 11.0 Å². The normalized spacial score (nSPS) is 9.92. The van der Waals surface area contributed by atoms with Gasteiger partial charge >= 0.3 is 5.97 Å². The van der Waals surface area contributed by atoms with Crippen molar-refractivity contribution in [3.8, 4) is 5.75 Å². The Labute approximate surface area is 157 Å². The predicted octanol–water partition coefficient (Wildman–Crippen LogP) is 3.39. The summed E-state index contributed by atoms with van der Waals surface area (Å²) in [5, 5.41) is 5.66. The fourth-order valence-electron chi connectivity index (χ4n) is 2.09. The van der Waals surface area contributed by atoms with Gasteiger partial charge in [0.15, 0.2) is 5.11 Å². The highest BCUT2D eigenvalue weighted by atomic mass is 32.1. The molecule has 0 aliphatic carbocycles. The van der Waals surface area contributed by atoms with Gasteiger partial charge in [0.2, 0.25) is 0 Å². The van der Waals surface area contributed by atoms with Gasteiger partial charge in [-0.3, -0.25) is 10.1 Å². The number of rotatable bonds is 6. The molecule has 1 amide bonds. The minimum absolute atomic E-state index is 0.153. The molecule has 0 aliphatic rings. The standard InChI is InChI=1S/C19H20N2O4S/c1-3-11-25-16-6-4-5-14(12-16)17(22)21-19(26)20-15-9-7-13(8-10-15)18(23)24-2/h4-10,12H,3,11H2,1-2H3,(H2,20,21,22,26). The average molecular weight is 372 g/mol. The van der Waals surface area contributed by atoms with Crippen molar-refractivity contribution in [2.24, 2.45) is 0 Å². The fraction of sp³-hybridized carbons (Fsp3) is 0.211. The van der Waals surface area contributed by atoms with Gasteiger partial charge in [-0.05, 0) is 61.1 Å². The second kappa shape index (κ2) is 9.53. The molecule has 26 heavy (non-hydrogen) atoms. The van der Waals surface area contributed by atoms with Crippen LogP contribution in [0.25, 0.3) is 0 Å². The zero-order chi connectivity index (χ0) is 18.9. The number of carbonyl (C=O) groups is 2. The van der Waals surface area contributed by atoms with Crippen molar-refractivity contribution in [1.82, 2.24) is 5.32 Å². The molecule has 0 fully saturated rings. The van der Waals surface area contributed by atoms with Crippen LogP contribution in [0, 0.1) is 0 Å². The number of anilines is 1. The first-order chi connectivity index (χ1) is 12.5. The van der Waals surface area contributed by atoms with E-state index in [0.717, 1.165) is 6.42 Å². The van der Waals surface area contributed by atoms with Crippen LogP contribution < -0.4 is 15.4 Å². The predicted molar refractivity (Wildman–Crippen MR) is 104 cm³/mol. The Morgan fingerprint density at radius 1 is 1.08 bits per heavy atom. The van der Waals surface area contributed by atoms with E-state index in [2.05, 4.69) is 15.4 Å². The molecular formula is C19H20N2O4S. The minimum Gasteiger partial charge on any atom is -0.494 e. The summed E-state index contributed by atoms with van der Waals surface area (Å²) in [6.07, 6.45) is 0.888. The van der Waals surface area contributed by atoms with Crippen molar-refractivity contribution >= 4 is 34.9 Å². The largest absolute Gasteiger partial charge is 0.494 e. The number of hydrogen-bond donors (Lipinski definition) is 2. The number of esters is 1. The summed E-state index contributed by atoms with van der Waals surface area (Å²) in [5.74, 6) is -0.120. The van der Waals surface area contributed by atoms with Crippen LogP contribution in [-0.4, -0.2) is 30.7 Å². The summed E-state index contributed by atoms with van der Waals surface area (Å²) in [5.41, 5.74) is 1.52. The summed E-state index contributed by atoms with van der Waals surface area (Å²) in [6.45, 7) is 2.60. The Hall–Kier alpha value is -2.93. The number of methoxy groups -OCH3 is 1. The highest BCUT2D eigenvalue weighted by Crippen LogP contribution is 2.14. The Morgan fingerprint density at radius 3 is 2.46 bits per heavy atom. The summed E-state index contributed by atoms with van der Waals surface area (Å²) in [7, 11) is 1.32. The maximum Gasteiger partial charge on any atom is 0.337 e. The van der Waals surface area contributed by atoms with E-state index in [1.54, 1.807) is 48.5 Å². The maximum absolute atomic E-state index is 12.3. The molecule has 0 saturated heterocycles. The number of nitrogens with one attached hydrogen (secondary N) is 2. The van der Waals surface area contributed by atoms with Crippen LogP contribution in [0.3, 0.4) is 0 Å². The van der Waals surface area contributed by atoms with Crippen molar-refractivity contribution in [2.75, 3.05) is 19.0 Å². The average Bonchev–Trinajstić information content (AvgIpc) is 2.66. The molecule has 0 unspecified atom stereocenters. The fourth-order valence-corrected chi connectivity index (χ4v) is 2.30. The maximum atomic E-state index is 12.3. The smallest absolute Gasteiger partial charge is 0.337 e. The lowest BCUT2D eigenvalue weighted by molar-refractivity contribution is 0.0600. The molecule has 2 rings (SSSR count). The molecule has 136 valence electrons. The number of carbonyl (C=O) groups excluding carboxylic acids is 2. The van der Waals surface area contributed by atoms with Gasteiger partial charge in [-0.15, -0.1) is 0 Å². The van der Waals surface area contributed by atoms with Gasteiger partial charge in [0.05, 0.1) is 19.3 Å². The lowest BCUT2D eigenvalue weighted by Crippen LogP contribution is -2.34. The second-order valence-electron chi connectivity index (χ2n) is 5.35. The molecule has 0 saturated carbocycles. The van der Waals surface area contributed by atoms with Crippen molar-refractivity contribution in [3.05, 3.63) is 59.7 Å². The van der Waals surface area contributed by atoms with Gasteiger partial charge in [0, 0.05) is 11.3 Å². The van der Waals surface area contributed by atoms with Crippen LogP contribution in [0.1, 0.15) is 34.1 Å². The summed E-state index contributed by atoms with van der Waals surface area (Å²) in [4.78, 5) is 23.7. The van der Waals surface area contributed by atoms with Gasteiger partial charge in [0.1, 0.15) is 5.75 Å². The van der Waals surface area contributed by atoms with Crippen molar-refractivity contribution in [1.29, 1.82) is 0 Å². The summed E-state index contributed by atoms with van der Waals surface area (Å²) < 4.78 is 10.2. The number of ether oxygens (including phenoxy) is 2. The molecule has 0 atom stereocenters. The topological polar surface area (TPSA) is 76.7 Å². The first kappa shape index (κ1) is 19.4. The van der Waals surface area contributed by atoms with Crippen LogP contribution >= 0.6 is 12.2 Å². The Balaban J connectivity index is 1.94. The first-order valence-electron chi connectivity index (χ1n) is 8.07. The zero-order valence-corrected chi connectivity index (χ0v) is 15.4. The third-order valence-corrected chi connectivity index (χ3v) is 3.56. The highest BCUT2D eigenvalue weighted by molar-refractivity contribution is 7.80. The van der Waals surface area contributed by atoms with E-state index in [4.69, 9.17) is 17.0 Å². The van der Waals surface area contributed by atoms with Crippen LogP contribution in [0.4, 0.5) is 5.69 Å². The van der Waals surface area contributed by atoms with Gasteiger partial charge in [-0.1, -0.05) is 13.0 Å². The van der Waals surface area contributed by atoms with E-state index in [0.29, 0.717) is 29.2 Å². The molecule has 2 aromatic rings. The molecule has 0 radical (unpaired) electrons. The SMILES string of the molecule is CCCOc1cccc(C(=O)NC(=S)Nc2ccc(C(=O)OC)cc2)c1. The molecular weight excluding hydrogens is 352 g/mol. The van der Waals surface area contributed by atoms with E-state index >= 15 is 0 Å². The van der Waals surface area contributed by atoms with E-state index in [9.17, 15) is 9.59 Å². The molecule has 0 bridgehead atoms. The lowest BCUT2D eigenvalue weighted by Gasteiger charge is -2.11. The van der Waals surface area contributed by atoms with Crippen LogP contribution in [0.5, 0.6) is 5.75 Å². The molecule has 6 nitrogen and oxygen atoms in total. The Bertz CT molecular complexity index is 790. The first-order valence-corrected chi connectivity index (χ1v) is 8.48. The van der Waals surface area contributed by atoms with Crippen LogP contribution in [0.2, 0.25) is 0 Å². The van der Waals surface area contributed by atoms with Gasteiger partial charge in [-0.2, -0.15) is 0 Å². The van der Waals surface area contributed by atoms with Gasteiger partial charge in [-0.25, -0.2) is 4.79 Å². The molecule has 2 aromatic carbocycles. The van der Waals surface area contributed by atoms with E-state index in [1.807, 2.05) is 6.92 Å². The van der Waals surface area contributed by atoms with Gasteiger partial charge < -0.3 is 14.8 Å². The van der Waals surface area contributed by atoms with Gasteiger partial charge in [0.25, 0.3) is 5.91 Å². The highest BCUT2D eigenvalue weighted by Gasteiger charge is 2.10. The van der Waals surface area contributed by atoms with Crippen molar-refractivity contribution in [3.63, 3.8) is 0 Å². The summed E-state index contributed by atoms with van der Waals surface area (Å²) >= 11 is 5.16. The van der Waals surface area contributed by atoms with Crippen molar-refractivity contribution < 1.29 is 19.1 Å². The van der Waals surface area contributed by atoms with Crippen LogP contribution in [0.15, 0.2) is 48.5 Å². The number of amides is 1. The number of benzene rings is 2. The molecule has 7 heteroatoms. The molecule has 0 aromatic heterocycles. The molecule has 0 spiro atoms. The molecule has 0 aliphatic heterocycles. The van der Waals surface area contributed by atoms with E-state index in [1.165, 1.54) is 7.11 Å². The lowest BCUT2D eigenvalue weighted by atomic mass is 10.2. The Kier molecular flexibility index (Phi) is 7.11. The molecule has 0 heterocycles.